The third-order valence-corrected chi connectivity index (χ3v) is 13.1. The standard InChI is InChI=1S/C53H39N3/c1-2-51-54-49-24-11-12-25-50(49)56(51)36-28-26-33(27-29-36)34-14-13-15-35(30-34)52-43-31-42-39-18-5-9-22-46(39)53(47(42)32-41(43)40-19-6-10-23-48(40)55-52)44-20-7-3-16-37(44)38-17-4-8-21-45(38)53/h3-32,37,44,51,54H,2H2,1H3. The normalized spacial score (nSPS) is 20.9. The summed E-state index contributed by atoms with van der Waals surface area (Å²) in [7, 11) is 0. The molecule has 0 saturated heterocycles. The monoisotopic (exact) mass is 717 g/mol. The molecule has 56 heavy (non-hydrogen) atoms. The Kier molecular flexibility index (Phi) is 6.72. The maximum absolute atomic E-state index is 5.45. The lowest BCUT2D eigenvalue weighted by Gasteiger charge is -2.36. The summed E-state index contributed by atoms with van der Waals surface area (Å²) in [6.07, 6.45) is 10.6. The average molecular weight is 718 g/mol. The van der Waals surface area contributed by atoms with Gasteiger partial charge in [-0.2, -0.15) is 0 Å². The zero-order valence-corrected chi connectivity index (χ0v) is 31.2. The Hall–Kier alpha value is -6.71. The number of fused-ring (bicyclic) bond motifs is 14. The second kappa shape index (κ2) is 11.9. The van der Waals surface area contributed by atoms with E-state index >= 15 is 0 Å². The van der Waals surface area contributed by atoms with E-state index in [0.717, 1.165) is 23.2 Å². The molecule has 1 spiro atoms. The summed E-state index contributed by atoms with van der Waals surface area (Å²) < 4.78 is 0. The zero-order chi connectivity index (χ0) is 37.0. The van der Waals surface area contributed by atoms with Crippen molar-refractivity contribution in [3.8, 4) is 33.5 Å². The van der Waals surface area contributed by atoms with E-state index in [9.17, 15) is 0 Å². The molecule has 1 aliphatic heterocycles. The fourth-order valence-electron chi connectivity index (χ4n) is 10.7. The number of rotatable bonds is 4. The number of allylic oxidation sites excluding steroid dienone is 4. The van der Waals surface area contributed by atoms with Gasteiger partial charge in [-0.05, 0) is 105 Å². The Balaban J connectivity index is 1.03. The smallest absolute Gasteiger partial charge is 0.104 e. The van der Waals surface area contributed by atoms with Crippen molar-refractivity contribution < 1.29 is 0 Å². The van der Waals surface area contributed by atoms with Gasteiger partial charge in [0, 0.05) is 33.9 Å². The topological polar surface area (TPSA) is 28.2 Å². The quantitative estimate of drug-likeness (QED) is 0.184. The molecule has 2 heterocycles. The fraction of sp³-hybridized carbons (Fsp3) is 0.113. The molecule has 1 aromatic heterocycles. The lowest BCUT2D eigenvalue weighted by Crippen LogP contribution is -2.32. The van der Waals surface area contributed by atoms with Crippen LogP contribution in [0.3, 0.4) is 0 Å². The van der Waals surface area contributed by atoms with Crippen LogP contribution in [0.5, 0.6) is 0 Å². The number of anilines is 3. The van der Waals surface area contributed by atoms with Crippen LogP contribution in [0.15, 0.2) is 182 Å². The average Bonchev–Trinajstić information content (AvgIpc) is 3.89. The van der Waals surface area contributed by atoms with E-state index in [-0.39, 0.29) is 11.6 Å². The number of benzene rings is 7. The Morgan fingerprint density at radius 1 is 0.589 bits per heavy atom. The van der Waals surface area contributed by atoms with Gasteiger partial charge in [0.15, 0.2) is 0 Å². The van der Waals surface area contributed by atoms with E-state index in [1.165, 1.54) is 77.7 Å². The van der Waals surface area contributed by atoms with Gasteiger partial charge in [-0.15, -0.1) is 0 Å². The van der Waals surface area contributed by atoms with Gasteiger partial charge in [0.05, 0.1) is 28.0 Å². The lowest BCUT2D eigenvalue weighted by molar-refractivity contribution is 0.466. The molecule has 3 nitrogen and oxygen atoms in total. The maximum Gasteiger partial charge on any atom is 0.104 e. The number of nitrogens with one attached hydrogen (secondary N) is 1. The third-order valence-electron chi connectivity index (χ3n) is 13.1. The van der Waals surface area contributed by atoms with Crippen molar-refractivity contribution in [3.63, 3.8) is 0 Å². The second-order valence-corrected chi connectivity index (χ2v) is 15.8. The van der Waals surface area contributed by atoms with Gasteiger partial charge in [-0.25, -0.2) is 4.98 Å². The van der Waals surface area contributed by atoms with Crippen molar-refractivity contribution >= 4 is 38.7 Å². The SMILES string of the molecule is CCC1Nc2ccccc2N1c1ccc(-c2cccc(-c3nc4ccccc4c4cc5c(cc34)-c3ccccc3C53c4ccccc4C4C=CC=CC43)c2)cc1. The number of para-hydroxylation sites is 3. The Morgan fingerprint density at radius 2 is 1.36 bits per heavy atom. The molecule has 266 valence electrons. The Bertz CT molecular complexity index is 2970. The Labute approximate surface area is 327 Å². The highest BCUT2D eigenvalue weighted by molar-refractivity contribution is 6.13. The molecule has 4 aliphatic rings. The summed E-state index contributed by atoms with van der Waals surface area (Å²) >= 11 is 0. The Morgan fingerprint density at radius 3 is 2.27 bits per heavy atom. The highest BCUT2D eigenvalue weighted by atomic mass is 15.3. The molecule has 1 N–H and O–H groups in total. The van der Waals surface area contributed by atoms with Crippen molar-refractivity contribution in [2.24, 2.45) is 5.92 Å². The van der Waals surface area contributed by atoms with Crippen LogP contribution in [0.4, 0.5) is 17.1 Å². The minimum atomic E-state index is -0.274. The number of hydrogen-bond acceptors (Lipinski definition) is 3. The summed E-state index contributed by atoms with van der Waals surface area (Å²) in [5.74, 6) is 0.632. The fourth-order valence-corrected chi connectivity index (χ4v) is 10.7. The van der Waals surface area contributed by atoms with Crippen LogP contribution in [-0.4, -0.2) is 11.1 Å². The summed E-state index contributed by atoms with van der Waals surface area (Å²) in [4.78, 5) is 7.88. The van der Waals surface area contributed by atoms with Crippen molar-refractivity contribution in [1.82, 2.24) is 4.98 Å². The molecule has 0 amide bonds. The minimum Gasteiger partial charge on any atom is -0.363 e. The molecular formula is C53H39N3. The summed E-state index contributed by atoms with van der Waals surface area (Å²) in [5, 5.41) is 7.34. The molecule has 0 bridgehead atoms. The highest BCUT2D eigenvalue weighted by Crippen LogP contribution is 2.65. The highest BCUT2D eigenvalue weighted by Gasteiger charge is 2.57. The third kappa shape index (κ3) is 4.26. The van der Waals surface area contributed by atoms with Gasteiger partial charge < -0.3 is 10.2 Å². The van der Waals surface area contributed by atoms with Crippen LogP contribution < -0.4 is 10.2 Å². The van der Waals surface area contributed by atoms with Crippen LogP contribution in [0.2, 0.25) is 0 Å². The predicted molar refractivity (Wildman–Crippen MR) is 233 cm³/mol. The molecule has 7 aromatic carbocycles. The van der Waals surface area contributed by atoms with Gasteiger partial charge in [0.2, 0.25) is 0 Å². The summed E-state index contributed by atoms with van der Waals surface area (Å²) in [5.41, 5.74) is 17.2. The predicted octanol–water partition coefficient (Wildman–Crippen LogP) is 13.2. The number of pyridine rings is 1. The van der Waals surface area contributed by atoms with Crippen LogP contribution in [0, 0.1) is 5.92 Å². The van der Waals surface area contributed by atoms with Crippen LogP contribution in [-0.2, 0) is 5.41 Å². The van der Waals surface area contributed by atoms with Crippen LogP contribution in [0.25, 0.3) is 55.2 Å². The van der Waals surface area contributed by atoms with Crippen molar-refractivity contribution in [3.05, 3.63) is 204 Å². The second-order valence-electron chi connectivity index (χ2n) is 15.8. The molecule has 0 saturated carbocycles. The molecule has 12 rings (SSSR count). The first-order valence-electron chi connectivity index (χ1n) is 20.0. The first-order chi connectivity index (χ1) is 27.7. The van der Waals surface area contributed by atoms with Crippen molar-refractivity contribution in [2.75, 3.05) is 10.2 Å². The van der Waals surface area contributed by atoms with Gasteiger partial charge in [0.25, 0.3) is 0 Å². The van der Waals surface area contributed by atoms with Crippen molar-refractivity contribution in [1.29, 1.82) is 0 Å². The van der Waals surface area contributed by atoms with Crippen LogP contribution in [0.1, 0.15) is 41.5 Å². The van der Waals surface area contributed by atoms with Crippen molar-refractivity contribution in [2.45, 2.75) is 30.8 Å². The molecule has 4 atom stereocenters. The molecular weight excluding hydrogens is 679 g/mol. The van der Waals surface area contributed by atoms with Gasteiger partial charge in [0.1, 0.15) is 6.17 Å². The number of nitrogens with zero attached hydrogens (tertiary/aromatic N) is 2. The van der Waals surface area contributed by atoms with E-state index in [2.05, 4.69) is 199 Å². The van der Waals surface area contributed by atoms with Gasteiger partial charge in [-0.1, -0.05) is 140 Å². The van der Waals surface area contributed by atoms with E-state index < -0.39 is 0 Å². The summed E-state index contributed by atoms with van der Waals surface area (Å²) in [6.45, 7) is 2.24. The molecule has 0 radical (unpaired) electrons. The van der Waals surface area contributed by atoms with E-state index in [1.54, 1.807) is 0 Å². The molecule has 3 aliphatic carbocycles. The van der Waals surface area contributed by atoms with E-state index in [4.69, 9.17) is 4.98 Å². The van der Waals surface area contributed by atoms with Crippen LogP contribution >= 0.6 is 0 Å². The first kappa shape index (κ1) is 31.6. The summed E-state index contributed by atoms with van der Waals surface area (Å²) in [6, 6.07) is 58.7. The molecule has 0 fully saturated rings. The molecule has 3 heteroatoms. The molecule has 8 aromatic rings. The first-order valence-corrected chi connectivity index (χ1v) is 20.0. The largest absolute Gasteiger partial charge is 0.363 e. The number of aromatic nitrogens is 1. The van der Waals surface area contributed by atoms with Gasteiger partial charge >= 0.3 is 0 Å². The van der Waals surface area contributed by atoms with Gasteiger partial charge in [-0.3, -0.25) is 0 Å². The molecule has 4 unspecified atom stereocenters. The number of hydrogen-bond donors (Lipinski definition) is 1. The minimum absolute atomic E-state index is 0.234. The maximum atomic E-state index is 5.45. The lowest BCUT2D eigenvalue weighted by atomic mass is 9.65. The van der Waals surface area contributed by atoms with E-state index in [1.807, 2.05) is 0 Å². The van der Waals surface area contributed by atoms with E-state index in [0.29, 0.717) is 11.8 Å². The zero-order valence-electron chi connectivity index (χ0n) is 31.2.